The quantitative estimate of drug-likeness (QED) is 0.571. The highest BCUT2D eigenvalue weighted by Crippen LogP contribution is 1.96. The summed E-state index contributed by atoms with van der Waals surface area (Å²) in [4.78, 5) is 3.34. The number of benzene rings is 1. The van der Waals surface area contributed by atoms with Crippen LogP contribution >= 0.6 is 0 Å². The first-order valence-electron chi connectivity index (χ1n) is 4.37. The topological polar surface area (TPSA) is 26.0 Å². The van der Waals surface area contributed by atoms with Crippen LogP contribution in [0.4, 0.5) is 0 Å². The highest BCUT2D eigenvalue weighted by molar-refractivity contribution is 5.94. The molecule has 1 aromatic carbocycles. The third-order valence-electron chi connectivity index (χ3n) is 2.02. The summed E-state index contributed by atoms with van der Waals surface area (Å²) in [5.41, 5.74) is 1.25. The van der Waals surface area contributed by atoms with Gasteiger partial charge < -0.3 is 0 Å². The van der Waals surface area contributed by atoms with Gasteiger partial charge in [-0.25, -0.2) is 0 Å². The maximum atomic E-state index is 3.34. The second kappa shape index (κ2) is 3.39. The Morgan fingerprint density at radius 1 is 1.17 bits per heavy atom. The van der Waals surface area contributed by atoms with Gasteiger partial charge in [0, 0.05) is 6.42 Å². The molecule has 2 nitrogen and oxygen atoms in total. The smallest absolute Gasteiger partial charge is 0.274 e. The molecule has 1 aliphatic rings. The molecule has 0 radical (unpaired) electrons. The molecule has 0 aromatic heterocycles. The number of hydrogen-bond acceptors (Lipinski definition) is 1. The summed E-state index contributed by atoms with van der Waals surface area (Å²) in [6.45, 7) is 2.16. The Bertz CT molecular complexity index is 277. The van der Waals surface area contributed by atoms with Crippen molar-refractivity contribution in [2.24, 2.45) is 0 Å². The standard InChI is InChI=1S/C10H12N2/c1-2-5-9(6-3-1)10-11-7-4-8-12-10/h1-3,5-6H,4,7-8H2,(H,11,12)/p+1. The van der Waals surface area contributed by atoms with E-state index in [2.05, 4.69) is 34.6 Å². The van der Waals surface area contributed by atoms with E-state index in [1.54, 1.807) is 0 Å². The fourth-order valence-electron chi connectivity index (χ4n) is 1.39. The van der Waals surface area contributed by atoms with E-state index >= 15 is 0 Å². The van der Waals surface area contributed by atoms with Gasteiger partial charge in [-0.15, -0.1) is 0 Å². The zero-order valence-electron chi connectivity index (χ0n) is 7.01. The minimum Gasteiger partial charge on any atom is -0.274 e. The van der Waals surface area contributed by atoms with E-state index in [9.17, 15) is 0 Å². The molecule has 12 heavy (non-hydrogen) atoms. The molecule has 0 saturated carbocycles. The van der Waals surface area contributed by atoms with E-state index in [4.69, 9.17) is 0 Å². The summed E-state index contributed by atoms with van der Waals surface area (Å²) in [6.07, 6.45) is 1.20. The first-order chi connectivity index (χ1) is 5.97. The lowest BCUT2D eigenvalue weighted by Crippen LogP contribution is -2.79. The van der Waals surface area contributed by atoms with Crippen molar-refractivity contribution in [3.8, 4) is 0 Å². The van der Waals surface area contributed by atoms with Gasteiger partial charge in [-0.2, -0.15) is 0 Å². The average molecular weight is 161 g/mol. The van der Waals surface area contributed by atoms with Crippen molar-refractivity contribution in [3.05, 3.63) is 35.9 Å². The van der Waals surface area contributed by atoms with Gasteiger partial charge in [0.15, 0.2) is 0 Å². The summed E-state index contributed by atoms with van der Waals surface area (Å²) in [7, 11) is 0. The van der Waals surface area contributed by atoms with Crippen molar-refractivity contribution in [2.45, 2.75) is 6.42 Å². The molecule has 0 bridgehead atoms. The Hall–Kier alpha value is -1.31. The lowest BCUT2D eigenvalue weighted by Gasteiger charge is -2.07. The van der Waals surface area contributed by atoms with Gasteiger partial charge >= 0.3 is 0 Å². The van der Waals surface area contributed by atoms with Crippen LogP contribution in [0.5, 0.6) is 0 Å². The second-order valence-electron chi connectivity index (χ2n) is 2.95. The lowest BCUT2D eigenvalue weighted by molar-refractivity contribution is -0.463. The Labute approximate surface area is 72.3 Å². The van der Waals surface area contributed by atoms with E-state index in [0.29, 0.717) is 0 Å². The summed E-state index contributed by atoms with van der Waals surface area (Å²) >= 11 is 0. The number of rotatable bonds is 1. The number of amidine groups is 1. The van der Waals surface area contributed by atoms with Crippen LogP contribution in [0.3, 0.4) is 0 Å². The van der Waals surface area contributed by atoms with Gasteiger partial charge in [0.2, 0.25) is 0 Å². The van der Waals surface area contributed by atoms with Gasteiger partial charge in [-0.3, -0.25) is 10.3 Å². The molecule has 2 N–H and O–H groups in total. The fourth-order valence-corrected chi connectivity index (χ4v) is 1.39. The zero-order valence-corrected chi connectivity index (χ0v) is 7.01. The minimum atomic E-state index is 1.08. The Kier molecular flexibility index (Phi) is 2.08. The Morgan fingerprint density at radius 2 is 2.00 bits per heavy atom. The molecule has 1 aliphatic heterocycles. The normalized spacial score (nSPS) is 16.5. The van der Waals surface area contributed by atoms with E-state index in [-0.39, 0.29) is 0 Å². The van der Waals surface area contributed by atoms with Gasteiger partial charge in [0.25, 0.3) is 5.84 Å². The summed E-state index contributed by atoms with van der Waals surface area (Å²) in [6, 6.07) is 10.4. The van der Waals surface area contributed by atoms with Crippen LogP contribution in [0.15, 0.2) is 30.3 Å². The molecule has 1 heterocycles. The molecule has 0 fully saturated rings. The fraction of sp³-hybridized carbons (Fsp3) is 0.300. The third-order valence-corrected chi connectivity index (χ3v) is 2.02. The van der Waals surface area contributed by atoms with Crippen LogP contribution in [-0.4, -0.2) is 18.9 Å². The van der Waals surface area contributed by atoms with E-state index < -0.39 is 0 Å². The van der Waals surface area contributed by atoms with Crippen molar-refractivity contribution < 1.29 is 4.99 Å². The maximum absolute atomic E-state index is 3.34. The largest absolute Gasteiger partial charge is 0.274 e. The monoisotopic (exact) mass is 161 g/mol. The Morgan fingerprint density at radius 3 is 2.67 bits per heavy atom. The zero-order chi connectivity index (χ0) is 8.23. The molecular formula is C10H13N2+. The van der Waals surface area contributed by atoms with Gasteiger partial charge in [-0.1, -0.05) is 18.2 Å². The number of hydrogen-bond donors (Lipinski definition) is 2. The van der Waals surface area contributed by atoms with Crippen molar-refractivity contribution in [1.82, 2.24) is 5.32 Å². The van der Waals surface area contributed by atoms with Gasteiger partial charge in [-0.05, 0) is 12.1 Å². The molecule has 0 aliphatic carbocycles. The summed E-state index contributed by atoms with van der Waals surface area (Å²) in [5.74, 6) is 1.17. The molecular weight excluding hydrogens is 148 g/mol. The maximum Gasteiger partial charge on any atom is 0.274 e. The highest BCUT2D eigenvalue weighted by Gasteiger charge is 2.11. The van der Waals surface area contributed by atoms with Crippen molar-refractivity contribution >= 4 is 5.84 Å². The van der Waals surface area contributed by atoms with E-state index in [1.807, 2.05) is 6.07 Å². The van der Waals surface area contributed by atoms with Crippen LogP contribution in [0, 0.1) is 0 Å². The molecule has 62 valence electrons. The summed E-state index contributed by atoms with van der Waals surface area (Å²) in [5, 5.41) is 3.34. The third kappa shape index (κ3) is 1.47. The van der Waals surface area contributed by atoms with Gasteiger partial charge in [0.05, 0.1) is 18.7 Å². The van der Waals surface area contributed by atoms with Crippen LogP contribution in [-0.2, 0) is 0 Å². The van der Waals surface area contributed by atoms with E-state index in [0.717, 1.165) is 13.1 Å². The molecule has 2 heteroatoms. The van der Waals surface area contributed by atoms with Crippen molar-refractivity contribution in [2.75, 3.05) is 13.1 Å². The molecule has 0 spiro atoms. The average Bonchev–Trinajstić information content (AvgIpc) is 2.21. The molecule has 0 unspecified atom stereocenters. The molecule has 2 rings (SSSR count). The molecule has 1 aromatic rings. The van der Waals surface area contributed by atoms with Crippen LogP contribution in [0.1, 0.15) is 12.0 Å². The van der Waals surface area contributed by atoms with Crippen LogP contribution < -0.4 is 10.3 Å². The number of nitrogens with one attached hydrogen (secondary N) is 2. The van der Waals surface area contributed by atoms with Crippen LogP contribution in [0.2, 0.25) is 0 Å². The van der Waals surface area contributed by atoms with Crippen molar-refractivity contribution in [3.63, 3.8) is 0 Å². The predicted molar refractivity (Wildman–Crippen MR) is 49.0 cm³/mol. The predicted octanol–water partition coefficient (Wildman–Crippen LogP) is -0.493. The first kappa shape index (κ1) is 7.35. The Balaban J connectivity index is 2.24. The molecule has 0 atom stereocenters. The second-order valence-corrected chi connectivity index (χ2v) is 2.95. The van der Waals surface area contributed by atoms with E-state index in [1.165, 1.54) is 17.8 Å². The van der Waals surface area contributed by atoms with Crippen molar-refractivity contribution in [1.29, 1.82) is 0 Å². The lowest BCUT2D eigenvalue weighted by atomic mass is 10.2. The highest BCUT2D eigenvalue weighted by atomic mass is 15.0. The SMILES string of the molecule is c1ccc(C2=[NH+]CCCN2)cc1. The van der Waals surface area contributed by atoms with Gasteiger partial charge in [0.1, 0.15) is 0 Å². The summed E-state index contributed by atoms with van der Waals surface area (Å²) < 4.78 is 0. The van der Waals surface area contributed by atoms with Crippen LogP contribution in [0.25, 0.3) is 0 Å². The minimum absolute atomic E-state index is 1.08. The molecule has 0 amide bonds. The molecule has 0 saturated heterocycles. The first-order valence-corrected chi connectivity index (χ1v) is 4.37.